The summed E-state index contributed by atoms with van der Waals surface area (Å²) in [5, 5.41) is 8.59. The van der Waals surface area contributed by atoms with Crippen LogP contribution in [-0.4, -0.2) is 18.3 Å². The van der Waals surface area contributed by atoms with Crippen LogP contribution in [-0.2, 0) is 6.54 Å². The fourth-order valence-corrected chi connectivity index (χ4v) is 1.44. The minimum atomic E-state index is -0.324. The van der Waals surface area contributed by atoms with E-state index in [2.05, 4.69) is 0 Å². The standard InChI is InChI=1S/C12H18FNO2/c13-11-5-4-6-12(10(11)9-14)16-8-3-1-2-7-15/h4-6,15H,1-3,7-9,14H2. The van der Waals surface area contributed by atoms with Gasteiger partial charge in [-0.3, -0.25) is 0 Å². The highest BCUT2D eigenvalue weighted by atomic mass is 19.1. The zero-order chi connectivity index (χ0) is 11.8. The number of benzene rings is 1. The number of aliphatic hydroxyl groups excluding tert-OH is 1. The van der Waals surface area contributed by atoms with Gasteiger partial charge in [0.05, 0.1) is 6.61 Å². The number of hydrogen-bond acceptors (Lipinski definition) is 3. The molecule has 0 amide bonds. The van der Waals surface area contributed by atoms with Crippen LogP contribution in [0, 0.1) is 5.82 Å². The van der Waals surface area contributed by atoms with Gasteiger partial charge < -0.3 is 15.6 Å². The molecule has 3 N–H and O–H groups in total. The molecule has 4 heteroatoms. The van der Waals surface area contributed by atoms with Gasteiger partial charge in [0, 0.05) is 18.7 Å². The van der Waals surface area contributed by atoms with Gasteiger partial charge in [-0.2, -0.15) is 0 Å². The minimum Gasteiger partial charge on any atom is -0.493 e. The summed E-state index contributed by atoms with van der Waals surface area (Å²) in [4.78, 5) is 0. The van der Waals surface area contributed by atoms with E-state index in [1.807, 2.05) is 0 Å². The van der Waals surface area contributed by atoms with E-state index in [0.717, 1.165) is 19.3 Å². The third kappa shape index (κ3) is 3.79. The summed E-state index contributed by atoms with van der Waals surface area (Å²) in [6, 6.07) is 4.70. The third-order valence-electron chi connectivity index (χ3n) is 2.34. The molecule has 0 bridgehead atoms. The van der Waals surface area contributed by atoms with Crippen LogP contribution in [0.1, 0.15) is 24.8 Å². The molecule has 0 atom stereocenters. The summed E-state index contributed by atoms with van der Waals surface area (Å²) in [5.41, 5.74) is 5.87. The van der Waals surface area contributed by atoms with E-state index in [4.69, 9.17) is 15.6 Å². The first kappa shape index (κ1) is 12.9. The highest BCUT2D eigenvalue weighted by molar-refractivity contribution is 5.34. The van der Waals surface area contributed by atoms with Crippen molar-refractivity contribution in [3.8, 4) is 5.75 Å². The molecule has 0 aliphatic heterocycles. The van der Waals surface area contributed by atoms with Crippen molar-refractivity contribution in [3.05, 3.63) is 29.6 Å². The summed E-state index contributed by atoms with van der Waals surface area (Å²) in [5.74, 6) is 0.196. The number of halogens is 1. The molecule has 90 valence electrons. The van der Waals surface area contributed by atoms with Gasteiger partial charge in [-0.1, -0.05) is 6.07 Å². The Balaban J connectivity index is 2.44. The molecule has 16 heavy (non-hydrogen) atoms. The average Bonchev–Trinajstić information content (AvgIpc) is 2.29. The second-order valence-electron chi connectivity index (χ2n) is 3.55. The molecule has 0 aliphatic carbocycles. The molecular weight excluding hydrogens is 209 g/mol. The maximum atomic E-state index is 13.3. The highest BCUT2D eigenvalue weighted by Crippen LogP contribution is 2.21. The number of unbranched alkanes of at least 4 members (excludes halogenated alkanes) is 2. The SMILES string of the molecule is NCc1c(F)cccc1OCCCCCO. The van der Waals surface area contributed by atoms with E-state index in [1.165, 1.54) is 6.07 Å². The fraction of sp³-hybridized carbons (Fsp3) is 0.500. The van der Waals surface area contributed by atoms with Crippen molar-refractivity contribution in [1.29, 1.82) is 0 Å². The number of rotatable bonds is 7. The van der Waals surface area contributed by atoms with Gasteiger partial charge in [-0.15, -0.1) is 0 Å². The zero-order valence-electron chi connectivity index (χ0n) is 9.29. The molecular formula is C12H18FNO2. The molecule has 0 aliphatic rings. The normalized spacial score (nSPS) is 10.4. The van der Waals surface area contributed by atoms with Crippen molar-refractivity contribution in [2.45, 2.75) is 25.8 Å². The second-order valence-corrected chi connectivity index (χ2v) is 3.55. The van der Waals surface area contributed by atoms with Crippen LogP contribution in [0.3, 0.4) is 0 Å². The summed E-state index contributed by atoms with van der Waals surface area (Å²) in [6.07, 6.45) is 2.53. The third-order valence-corrected chi connectivity index (χ3v) is 2.34. The molecule has 1 aromatic rings. The van der Waals surface area contributed by atoms with Crippen LogP contribution in [0.2, 0.25) is 0 Å². The molecule has 0 saturated heterocycles. The lowest BCUT2D eigenvalue weighted by molar-refractivity contribution is 0.265. The molecule has 1 rings (SSSR count). The van der Waals surface area contributed by atoms with Crippen LogP contribution in [0.25, 0.3) is 0 Å². The summed E-state index contributed by atoms with van der Waals surface area (Å²) in [6.45, 7) is 0.864. The molecule has 0 saturated carbocycles. The monoisotopic (exact) mass is 227 g/mol. The first-order valence-electron chi connectivity index (χ1n) is 5.50. The Morgan fingerprint density at radius 2 is 2.06 bits per heavy atom. The lowest BCUT2D eigenvalue weighted by Gasteiger charge is -2.10. The quantitative estimate of drug-likeness (QED) is 0.699. The van der Waals surface area contributed by atoms with Gasteiger partial charge in [0.15, 0.2) is 0 Å². The summed E-state index contributed by atoms with van der Waals surface area (Å²) >= 11 is 0. The number of nitrogens with two attached hydrogens (primary N) is 1. The van der Waals surface area contributed by atoms with Crippen molar-refractivity contribution in [2.75, 3.05) is 13.2 Å². The first-order chi connectivity index (χ1) is 7.79. The topological polar surface area (TPSA) is 55.5 Å². The van der Waals surface area contributed by atoms with E-state index in [-0.39, 0.29) is 19.0 Å². The molecule has 0 radical (unpaired) electrons. The molecule has 0 fully saturated rings. The second kappa shape index (κ2) is 7.19. The van der Waals surface area contributed by atoms with Crippen LogP contribution in [0.4, 0.5) is 4.39 Å². The van der Waals surface area contributed by atoms with Crippen LogP contribution in [0.15, 0.2) is 18.2 Å². The Morgan fingerprint density at radius 1 is 1.25 bits per heavy atom. The number of aliphatic hydroxyl groups is 1. The number of ether oxygens (including phenoxy) is 1. The van der Waals surface area contributed by atoms with Crippen molar-refractivity contribution in [3.63, 3.8) is 0 Å². The molecule has 0 aromatic heterocycles. The lowest BCUT2D eigenvalue weighted by Crippen LogP contribution is -2.06. The first-order valence-corrected chi connectivity index (χ1v) is 5.50. The van der Waals surface area contributed by atoms with Gasteiger partial charge >= 0.3 is 0 Å². The van der Waals surface area contributed by atoms with Gasteiger partial charge in [0.1, 0.15) is 11.6 Å². The summed E-state index contributed by atoms with van der Waals surface area (Å²) in [7, 11) is 0. The lowest BCUT2D eigenvalue weighted by atomic mass is 10.2. The predicted molar refractivity (Wildman–Crippen MR) is 60.7 cm³/mol. The largest absolute Gasteiger partial charge is 0.493 e. The van der Waals surface area contributed by atoms with Crippen molar-refractivity contribution in [1.82, 2.24) is 0 Å². The van der Waals surface area contributed by atoms with Crippen LogP contribution < -0.4 is 10.5 Å². The van der Waals surface area contributed by atoms with E-state index in [0.29, 0.717) is 17.9 Å². The Hall–Kier alpha value is -1.13. The van der Waals surface area contributed by atoms with Gasteiger partial charge in [0.25, 0.3) is 0 Å². The van der Waals surface area contributed by atoms with Crippen LogP contribution >= 0.6 is 0 Å². The van der Waals surface area contributed by atoms with Gasteiger partial charge in [-0.05, 0) is 31.4 Å². The molecule has 0 spiro atoms. The van der Waals surface area contributed by atoms with E-state index < -0.39 is 0 Å². The number of hydrogen-bond donors (Lipinski definition) is 2. The fourth-order valence-electron chi connectivity index (χ4n) is 1.44. The van der Waals surface area contributed by atoms with Gasteiger partial charge in [0.2, 0.25) is 0 Å². The van der Waals surface area contributed by atoms with E-state index in [9.17, 15) is 4.39 Å². The summed E-state index contributed by atoms with van der Waals surface area (Å²) < 4.78 is 18.7. The van der Waals surface area contributed by atoms with Crippen molar-refractivity contribution >= 4 is 0 Å². The Bertz CT molecular complexity index is 318. The molecule has 3 nitrogen and oxygen atoms in total. The van der Waals surface area contributed by atoms with Crippen LogP contribution in [0.5, 0.6) is 5.75 Å². The zero-order valence-corrected chi connectivity index (χ0v) is 9.29. The van der Waals surface area contributed by atoms with E-state index >= 15 is 0 Å². The molecule has 0 heterocycles. The highest BCUT2D eigenvalue weighted by Gasteiger charge is 2.07. The maximum absolute atomic E-state index is 13.3. The molecule has 1 aromatic carbocycles. The van der Waals surface area contributed by atoms with E-state index in [1.54, 1.807) is 12.1 Å². The van der Waals surface area contributed by atoms with Gasteiger partial charge in [-0.25, -0.2) is 4.39 Å². The average molecular weight is 227 g/mol. The maximum Gasteiger partial charge on any atom is 0.131 e. The van der Waals surface area contributed by atoms with Crippen molar-refractivity contribution in [2.24, 2.45) is 5.73 Å². The Labute approximate surface area is 95.0 Å². The van der Waals surface area contributed by atoms with Crippen molar-refractivity contribution < 1.29 is 14.2 Å². The minimum absolute atomic E-state index is 0.138. The Kier molecular flexibility index (Phi) is 5.82. The Morgan fingerprint density at radius 3 is 2.75 bits per heavy atom. The smallest absolute Gasteiger partial charge is 0.131 e. The molecule has 0 unspecified atom stereocenters. The predicted octanol–water partition coefficient (Wildman–Crippen LogP) is 1.83.